The summed E-state index contributed by atoms with van der Waals surface area (Å²) in [6.07, 6.45) is 1.55. The van der Waals surface area contributed by atoms with Crippen LogP contribution in [-0.2, 0) is 9.53 Å². The molecule has 1 unspecified atom stereocenters. The molecular weight excluding hydrogens is 314 g/mol. The lowest BCUT2D eigenvalue weighted by atomic mass is 10.1. The van der Waals surface area contributed by atoms with Crippen LogP contribution < -0.4 is 5.32 Å². The average molecular weight is 328 g/mol. The number of carbonyl (C=O) groups excluding carboxylic acids is 2. The summed E-state index contributed by atoms with van der Waals surface area (Å²) in [7, 11) is 1.54. The van der Waals surface area contributed by atoms with E-state index in [1.54, 1.807) is 25.4 Å². The van der Waals surface area contributed by atoms with E-state index in [1.807, 2.05) is 0 Å². The lowest BCUT2D eigenvalue weighted by molar-refractivity contribution is -0.130. The number of rotatable bonds is 2. The van der Waals surface area contributed by atoms with E-state index in [2.05, 4.69) is 26.2 Å². The van der Waals surface area contributed by atoms with E-state index in [4.69, 9.17) is 4.74 Å². The summed E-state index contributed by atoms with van der Waals surface area (Å²) in [5, 5.41) is 2.55. The molecule has 0 aliphatic carbocycles. The SMILES string of the molecule is CNC(=O)C1COCCN1C(=O)c1ccnc(Br)c1. The minimum absolute atomic E-state index is 0.194. The van der Waals surface area contributed by atoms with Gasteiger partial charge in [-0.3, -0.25) is 9.59 Å². The van der Waals surface area contributed by atoms with Crippen molar-refractivity contribution in [3.63, 3.8) is 0 Å². The highest BCUT2D eigenvalue weighted by Crippen LogP contribution is 2.15. The second-order valence-electron chi connectivity index (χ2n) is 4.07. The number of amides is 2. The molecule has 1 aliphatic heterocycles. The van der Waals surface area contributed by atoms with Crippen LogP contribution in [0.3, 0.4) is 0 Å². The lowest BCUT2D eigenvalue weighted by Gasteiger charge is -2.34. The molecule has 0 spiro atoms. The molecule has 2 rings (SSSR count). The molecule has 6 nitrogen and oxygen atoms in total. The van der Waals surface area contributed by atoms with Crippen LogP contribution in [0.15, 0.2) is 22.9 Å². The van der Waals surface area contributed by atoms with Crippen molar-refractivity contribution in [1.82, 2.24) is 15.2 Å². The monoisotopic (exact) mass is 327 g/mol. The zero-order valence-electron chi connectivity index (χ0n) is 10.4. The van der Waals surface area contributed by atoms with Crippen molar-refractivity contribution >= 4 is 27.7 Å². The van der Waals surface area contributed by atoms with Crippen LogP contribution in [-0.4, -0.2) is 54.5 Å². The Labute approximate surface area is 119 Å². The number of hydrogen-bond donors (Lipinski definition) is 1. The van der Waals surface area contributed by atoms with Crippen LogP contribution in [0.5, 0.6) is 0 Å². The van der Waals surface area contributed by atoms with Gasteiger partial charge in [-0.15, -0.1) is 0 Å². The van der Waals surface area contributed by atoms with E-state index >= 15 is 0 Å². The first-order valence-electron chi connectivity index (χ1n) is 5.85. The Balaban J connectivity index is 2.22. The number of morpholine rings is 1. The molecular formula is C12H14BrN3O3. The molecule has 0 bridgehead atoms. The third-order valence-electron chi connectivity index (χ3n) is 2.91. The van der Waals surface area contributed by atoms with Crippen LogP contribution in [0.25, 0.3) is 0 Å². The van der Waals surface area contributed by atoms with Gasteiger partial charge in [-0.1, -0.05) is 0 Å². The van der Waals surface area contributed by atoms with E-state index in [0.717, 1.165) is 0 Å². The van der Waals surface area contributed by atoms with Crippen LogP contribution in [0, 0.1) is 0 Å². The molecule has 102 valence electrons. The second-order valence-corrected chi connectivity index (χ2v) is 4.88. The molecule has 2 amide bonds. The fraction of sp³-hybridized carbons (Fsp3) is 0.417. The van der Waals surface area contributed by atoms with E-state index in [1.165, 1.54) is 4.90 Å². The van der Waals surface area contributed by atoms with Gasteiger partial charge in [0.1, 0.15) is 10.6 Å². The minimum Gasteiger partial charge on any atom is -0.377 e. The van der Waals surface area contributed by atoms with Crippen molar-refractivity contribution in [3.05, 3.63) is 28.5 Å². The van der Waals surface area contributed by atoms with Crippen LogP contribution in [0.1, 0.15) is 10.4 Å². The summed E-state index contributed by atoms with van der Waals surface area (Å²) in [5.74, 6) is -0.416. The Morgan fingerprint density at radius 1 is 1.58 bits per heavy atom. The summed E-state index contributed by atoms with van der Waals surface area (Å²) in [5.41, 5.74) is 0.498. The molecule has 19 heavy (non-hydrogen) atoms. The largest absolute Gasteiger partial charge is 0.377 e. The highest BCUT2D eigenvalue weighted by molar-refractivity contribution is 9.10. The quantitative estimate of drug-likeness (QED) is 0.800. The molecule has 2 heterocycles. The third kappa shape index (κ3) is 3.10. The average Bonchev–Trinajstić information content (AvgIpc) is 2.45. The summed E-state index contributed by atoms with van der Waals surface area (Å²) in [4.78, 5) is 29.7. The minimum atomic E-state index is -0.585. The van der Waals surface area contributed by atoms with Gasteiger partial charge in [0.25, 0.3) is 5.91 Å². The first-order valence-corrected chi connectivity index (χ1v) is 6.64. The zero-order chi connectivity index (χ0) is 13.8. The van der Waals surface area contributed by atoms with Gasteiger partial charge in [-0.05, 0) is 28.1 Å². The maximum Gasteiger partial charge on any atom is 0.254 e. The van der Waals surface area contributed by atoms with Crippen LogP contribution in [0.2, 0.25) is 0 Å². The summed E-state index contributed by atoms with van der Waals surface area (Å²) in [6, 6.07) is 2.68. The zero-order valence-corrected chi connectivity index (χ0v) is 12.0. The van der Waals surface area contributed by atoms with Gasteiger partial charge in [0.15, 0.2) is 0 Å². The molecule has 1 atom stereocenters. The third-order valence-corrected chi connectivity index (χ3v) is 3.35. The van der Waals surface area contributed by atoms with E-state index in [0.29, 0.717) is 23.3 Å². The number of pyridine rings is 1. The van der Waals surface area contributed by atoms with Crippen molar-refractivity contribution in [1.29, 1.82) is 0 Å². The van der Waals surface area contributed by atoms with Crippen molar-refractivity contribution in [3.8, 4) is 0 Å². The highest BCUT2D eigenvalue weighted by Gasteiger charge is 2.32. The van der Waals surface area contributed by atoms with Gasteiger partial charge in [-0.2, -0.15) is 0 Å². The standard InChI is InChI=1S/C12H14BrN3O3/c1-14-11(17)9-7-19-5-4-16(9)12(18)8-2-3-15-10(13)6-8/h2-3,6,9H,4-5,7H2,1H3,(H,14,17). The summed E-state index contributed by atoms with van der Waals surface area (Å²) >= 11 is 3.23. The predicted octanol–water partition coefficient (Wildman–Crippen LogP) is 0.431. The first-order chi connectivity index (χ1) is 9.13. The van der Waals surface area contributed by atoms with E-state index in [-0.39, 0.29) is 18.4 Å². The molecule has 1 aliphatic rings. The molecule has 0 radical (unpaired) electrons. The first kappa shape index (κ1) is 14.0. The number of hydrogen-bond acceptors (Lipinski definition) is 4. The molecule has 1 saturated heterocycles. The maximum atomic E-state index is 12.4. The van der Waals surface area contributed by atoms with Gasteiger partial charge in [0, 0.05) is 25.4 Å². The predicted molar refractivity (Wildman–Crippen MR) is 71.6 cm³/mol. The molecule has 1 aromatic heterocycles. The molecule has 0 saturated carbocycles. The number of nitrogens with zero attached hydrogens (tertiary/aromatic N) is 2. The number of halogens is 1. The number of ether oxygens (including phenoxy) is 1. The smallest absolute Gasteiger partial charge is 0.254 e. The van der Waals surface area contributed by atoms with Gasteiger partial charge in [-0.25, -0.2) is 4.98 Å². The van der Waals surface area contributed by atoms with Gasteiger partial charge in [0.05, 0.1) is 13.2 Å². The van der Waals surface area contributed by atoms with Gasteiger partial charge in [0.2, 0.25) is 5.91 Å². The Morgan fingerprint density at radius 3 is 3.05 bits per heavy atom. The van der Waals surface area contributed by atoms with E-state index < -0.39 is 6.04 Å². The Hall–Kier alpha value is -1.47. The Morgan fingerprint density at radius 2 is 2.37 bits per heavy atom. The fourth-order valence-corrected chi connectivity index (χ4v) is 2.30. The summed E-state index contributed by atoms with van der Waals surface area (Å²) in [6.45, 7) is 1.06. The van der Waals surface area contributed by atoms with E-state index in [9.17, 15) is 9.59 Å². The van der Waals surface area contributed by atoms with Gasteiger partial charge >= 0.3 is 0 Å². The van der Waals surface area contributed by atoms with Crippen molar-refractivity contribution in [2.24, 2.45) is 0 Å². The molecule has 7 heteroatoms. The topological polar surface area (TPSA) is 71.5 Å². The molecule has 0 aromatic carbocycles. The normalized spacial score (nSPS) is 19.1. The van der Waals surface area contributed by atoms with Crippen LogP contribution >= 0.6 is 15.9 Å². The van der Waals surface area contributed by atoms with Crippen molar-refractivity contribution < 1.29 is 14.3 Å². The molecule has 1 aromatic rings. The van der Waals surface area contributed by atoms with Crippen LogP contribution in [0.4, 0.5) is 0 Å². The van der Waals surface area contributed by atoms with Gasteiger partial charge < -0.3 is 15.0 Å². The Bertz CT molecular complexity index is 495. The molecule has 1 N–H and O–H groups in total. The van der Waals surface area contributed by atoms with Crippen molar-refractivity contribution in [2.45, 2.75) is 6.04 Å². The van der Waals surface area contributed by atoms with Crippen molar-refractivity contribution in [2.75, 3.05) is 26.8 Å². The fourth-order valence-electron chi connectivity index (χ4n) is 1.93. The summed E-state index contributed by atoms with van der Waals surface area (Å²) < 4.78 is 5.85. The second kappa shape index (κ2) is 6.12. The number of nitrogens with one attached hydrogen (secondary N) is 1. The number of aromatic nitrogens is 1. The lowest BCUT2D eigenvalue weighted by Crippen LogP contribution is -2.55. The molecule has 1 fully saturated rings. The number of carbonyl (C=O) groups is 2. The highest BCUT2D eigenvalue weighted by atomic mass is 79.9. The number of likely N-dealkylation sites (N-methyl/N-ethyl adjacent to an activating group) is 1. The Kier molecular flexibility index (Phi) is 4.49. The maximum absolute atomic E-state index is 12.4.